The third-order valence-corrected chi connectivity index (χ3v) is 1.76. The van der Waals surface area contributed by atoms with E-state index in [0.717, 1.165) is 0 Å². The van der Waals surface area contributed by atoms with E-state index in [4.69, 9.17) is 13.9 Å². The van der Waals surface area contributed by atoms with Gasteiger partial charge in [0.1, 0.15) is 17.5 Å². The molecule has 20 heavy (non-hydrogen) atoms. The third-order valence-electron chi connectivity index (χ3n) is 1.76. The number of imide groups is 1. The largest absolute Gasteiger partial charge is 0.443 e. The first-order chi connectivity index (χ1) is 8.99. The zero-order valence-corrected chi connectivity index (χ0v) is 12.6. The summed E-state index contributed by atoms with van der Waals surface area (Å²) >= 11 is 0. The van der Waals surface area contributed by atoms with E-state index in [1.54, 1.807) is 41.5 Å². The molecule has 0 aliphatic rings. The average Bonchev–Trinajstić information content (AvgIpc) is 2.64. The predicted molar refractivity (Wildman–Crippen MR) is 71.5 cm³/mol. The minimum absolute atomic E-state index is 0.200. The lowest BCUT2D eigenvalue weighted by molar-refractivity contribution is 0.0420. The van der Waals surface area contributed by atoms with Crippen LogP contribution in [0.1, 0.15) is 41.5 Å². The molecule has 0 fully saturated rings. The second-order valence-electron chi connectivity index (χ2n) is 6.11. The minimum atomic E-state index is -0.908. The maximum atomic E-state index is 12.1. The Morgan fingerprint density at radius 1 is 1.05 bits per heavy atom. The van der Waals surface area contributed by atoms with E-state index >= 15 is 0 Å². The first kappa shape index (κ1) is 16.0. The third kappa shape index (κ3) is 4.91. The van der Waals surface area contributed by atoms with E-state index in [1.165, 1.54) is 12.5 Å². The molecule has 0 radical (unpaired) electrons. The van der Waals surface area contributed by atoms with Crippen LogP contribution in [0, 0.1) is 0 Å². The van der Waals surface area contributed by atoms with E-state index in [9.17, 15) is 9.59 Å². The Bertz CT molecular complexity index is 440. The van der Waals surface area contributed by atoms with Crippen molar-refractivity contribution in [3.05, 3.63) is 12.5 Å². The zero-order chi connectivity index (χ0) is 15.6. The Kier molecular flexibility index (Phi) is 4.42. The highest BCUT2D eigenvalue weighted by Gasteiger charge is 2.35. The van der Waals surface area contributed by atoms with Crippen LogP contribution >= 0.6 is 0 Å². The van der Waals surface area contributed by atoms with Crippen molar-refractivity contribution in [1.29, 1.82) is 0 Å². The molecule has 2 amide bonds. The van der Waals surface area contributed by atoms with Crippen LogP contribution < -0.4 is 4.90 Å². The van der Waals surface area contributed by atoms with Gasteiger partial charge in [0.25, 0.3) is 0 Å². The molecule has 1 rings (SSSR count). The van der Waals surface area contributed by atoms with Crippen LogP contribution in [-0.2, 0) is 9.47 Å². The molecule has 0 N–H and O–H groups in total. The predicted octanol–water partition coefficient (Wildman–Crippen LogP) is 3.35. The van der Waals surface area contributed by atoms with Gasteiger partial charge in [-0.25, -0.2) is 14.6 Å². The summed E-state index contributed by atoms with van der Waals surface area (Å²) in [4.78, 5) is 28.6. The summed E-state index contributed by atoms with van der Waals surface area (Å²) in [7, 11) is 0. The summed E-state index contributed by atoms with van der Waals surface area (Å²) in [5.41, 5.74) is -1.52. The highest BCUT2D eigenvalue weighted by Crippen LogP contribution is 2.19. The van der Waals surface area contributed by atoms with Gasteiger partial charge in [0.05, 0.1) is 6.20 Å². The standard InChI is InChI=1S/C13H20N2O5/c1-12(2,3)19-10(16)15(9-14-7-8-18-9)11(17)20-13(4,5)6/h7-8H,1-6H3. The Labute approximate surface area is 117 Å². The summed E-state index contributed by atoms with van der Waals surface area (Å²) in [6.45, 7) is 10.1. The number of hydrogen-bond acceptors (Lipinski definition) is 6. The monoisotopic (exact) mass is 284 g/mol. The maximum absolute atomic E-state index is 12.1. The van der Waals surface area contributed by atoms with E-state index in [0.29, 0.717) is 4.90 Å². The maximum Gasteiger partial charge on any atom is 0.428 e. The molecule has 7 nitrogen and oxygen atoms in total. The Morgan fingerprint density at radius 2 is 1.50 bits per heavy atom. The van der Waals surface area contributed by atoms with E-state index in [1.807, 2.05) is 0 Å². The van der Waals surface area contributed by atoms with Gasteiger partial charge in [-0.1, -0.05) is 0 Å². The van der Waals surface area contributed by atoms with Crippen molar-refractivity contribution in [2.24, 2.45) is 0 Å². The number of rotatable bonds is 1. The molecule has 7 heteroatoms. The fourth-order valence-corrected chi connectivity index (χ4v) is 1.17. The van der Waals surface area contributed by atoms with E-state index < -0.39 is 23.4 Å². The van der Waals surface area contributed by atoms with Gasteiger partial charge < -0.3 is 13.9 Å². The number of nitrogens with zero attached hydrogens (tertiary/aromatic N) is 2. The fourth-order valence-electron chi connectivity index (χ4n) is 1.17. The molecule has 0 aromatic carbocycles. The number of amides is 2. The fraction of sp³-hybridized carbons (Fsp3) is 0.615. The lowest BCUT2D eigenvalue weighted by atomic mass is 10.2. The van der Waals surface area contributed by atoms with Crippen molar-refractivity contribution >= 4 is 18.2 Å². The van der Waals surface area contributed by atoms with Gasteiger partial charge in [-0.15, -0.1) is 4.90 Å². The molecular formula is C13H20N2O5. The number of ether oxygens (including phenoxy) is 2. The molecule has 1 heterocycles. The van der Waals surface area contributed by atoms with Gasteiger partial charge in [0.15, 0.2) is 0 Å². The lowest BCUT2D eigenvalue weighted by Gasteiger charge is -2.26. The Morgan fingerprint density at radius 3 is 1.80 bits per heavy atom. The van der Waals surface area contributed by atoms with E-state index in [2.05, 4.69) is 4.98 Å². The topological polar surface area (TPSA) is 81.9 Å². The molecular weight excluding hydrogens is 264 g/mol. The molecule has 1 aromatic rings. The second-order valence-corrected chi connectivity index (χ2v) is 6.11. The van der Waals surface area contributed by atoms with Crippen LogP contribution in [-0.4, -0.2) is 28.4 Å². The first-order valence-corrected chi connectivity index (χ1v) is 6.15. The summed E-state index contributed by atoms with van der Waals surface area (Å²) in [5, 5.41) is 0. The summed E-state index contributed by atoms with van der Waals surface area (Å²) in [5.74, 6) is 0. The van der Waals surface area contributed by atoms with E-state index in [-0.39, 0.29) is 6.01 Å². The van der Waals surface area contributed by atoms with Gasteiger partial charge in [-0.05, 0) is 41.5 Å². The SMILES string of the molecule is CC(C)(C)OC(=O)N(C(=O)OC(C)(C)C)c1ncco1. The smallest absolute Gasteiger partial charge is 0.428 e. The van der Waals surface area contributed by atoms with Gasteiger partial charge in [0.2, 0.25) is 0 Å². The average molecular weight is 284 g/mol. The van der Waals surface area contributed by atoms with Crippen LogP contribution in [0.4, 0.5) is 15.6 Å². The van der Waals surface area contributed by atoms with Crippen LogP contribution in [0.3, 0.4) is 0 Å². The van der Waals surface area contributed by atoms with Crippen molar-refractivity contribution in [1.82, 2.24) is 4.98 Å². The molecule has 112 valence electrons. The summed E-state index contributed by atoms with van der Waals surface area (Å²) < 4.78 is 15.3. The van der Waals surface area contributed by atoms with Crippen molar-refractivity contribution in [2.45, 2.75) is 52.7 Å². The molecule has 0 atom stereocenters. The second kappa shape index (κ2) is 5.52. The van der Waals surface area contributed by atoms with Crippen molar-refractivity contribution in [3.63, 3.8) is 0 Å². The Hall–Kier alpha value is -2.05. The van der Waals surface area contributed by atoms with Crippen LogP contribution in [0.15, 0.2) is 16.9 Å². The molecule has 0 aliphatic carbocycles. The van der Waals surface area contributed by atoms with Crippen molar-refractivity contribution in [2.75, 3.05) is 4.90 Å². The zero-order valence-electron chi connectivity index (χ0n) is 12.6. The molecule has 0 bridgehead atoms. The number of carbonyl (C=O) groups excluding carboxylic acids is 2. The number of aromatic nitrogens is 1. The molecule has 0 saturated heterocycles. The van der Waals surface area contributed by atoms with Crippen LogP contribution in [0.2, 0.25) is 0 Å². The van der Waals surface area contributed by atoms with Crippen LogP contribution in [0.5, 0.6) is 0 Å². The van der Waals surface area contributed by atoms with Crippen LogP contribution in [0.25, 0.3) is 0 Å². The first-order valence-electron chi connectivity index (χ1n) is 6.15. The summed E-state index contributed by atoms with van der Waals surface area (Å²) in [6, 6.07) is -0.200. The molecule has 0 aliphatic heterocycles. The number of anilines is 1. The highest BCUT2D eigenvalue weighted by molar-refractivity contribution is 6.07. The number of oxazole rings is 1. The Balaban J connectivity index is 2.98. The van der Waals surface area contributed by atoms with Crippen molar-refractivity contribution in [3.8, 4) is 0 Å². The number of hydrogen-bond donors (Lipinski definition) is 0. The van der Waals surface area contributed by atoms with Crippen molar-refractivity contribution < 1.29 is 23.5 Å². The quantitative estimate of drug-likeness (QED) is 0.786. The normalized spacial score (nSPS) is 11.9. The number of carbonyl (C=O) groups is 2. The highest BCUT2D eigenvalue weighted by atomic mass is 16.6. The van der Waals surface area contributed by atoms with Gasteiger partial charge >= 0.3 is 18.2 Å². The summed E-state index contributed by atoms with van der Waals surface area (Å²) in [6.07, 6.45) is 0.747. The van der Waals surface area contributed by atoms with Gasteiger partial charge in [-0.3, -0.25) is 0 Å². The minimum Gasteiger partial charge on any atom is -0.443 e. The van der Waals surface area contributed by atoms with Gasteiger partial charge in [-0.2, -0.15) is 0 Å². The molecule has 1 aromatic heterocycles. The molecule has 0 saturated carbocycles. The molecule has 0 unspecified atom stereocenters. The lowest BCUT2D eigenvalue weighted by Crippen LogP contribution is -2.44. The van der Waals surface area contributed by atoms with Gasteiger partial charge in [0, 0.05) is 0 Å². The molecule has 0 spiro atoms.